The Labute approximate surface area is 143 Å². The van der Waals surface area contributed by atoms with E-state index in [1.807, 2.05) is 0 Å². The van der Waals surface area contributed by atoms with Crippen molar-refractivity contribution in [1.29, 1.82) is 0 Å². The molecule has 0 saturated heterocycles. The molecule has 0 rings (SSSR count). The molecule has 0 atom stereocenters. The number of unbranched alkanes of at least 4 members (excludes halogenated alkanes) is 3. The van der Waals surface area contributed by atoms with Crippen LogP contribution in [0, 0.1) is 0 Å². The maximum atomic E-state index is 6.84. The highest BCUT2D eigenvalue weighted by molar-refractivity contribution is 6.88. The molecule has 0 saturated carbocycles. The van der Waals surface area contributed by atoms with Gasteiger partial charge in [0.05, 0.1) is 0 Å². The molecule has 0 unspecified atom stereocenters. The van der Waals surface area contributed by atoms with Gasteiger partial charge in [0.15, 0.2) is 16.6 Å². The lowest BCUT2D eigenvalue weighted by atomic mass is 10.4. The summed E-state index contributed by atoms with van der Waals surface area (Å²) < 4.78 is 13.7. The summed E-state index contributed by atoms with van der Waals surface area (Å²) in [6, 6.07) is 3.73. The summed E-state index contributed by atoms with van der Waals surface area (Å²) in [5.74, 6) is 0. The first-order chi connectivity index (χ1) is 10.1. The van der Waals surface area contributed by atoms with Gasteiger partial charge >= 0.3 is 8.56 Å². The van der Waals surface area contributed by atoms with Crippen LogP contribution >= 0.6 is 0 Å². The minimum absolute atomic E-state index is 1.18. The standard InChI is InChI=1S/C17H42O2Si3/c1-9-12-15-20(4,5)18-22(8,17-14-11-3)19-21(6,7)16-13-10-2/h9-17H2,1-8H3. The van der Waals surface area contributed by atoms with E-state index in [0.717, 1.165) is 0 Å². The molecule has 5 heteroatoms. The lowest BCUT2D eigenvalue weighted by Crippen LogP contribution is -2.54. The van der Waals surface area contributed by atoms with Gasteiger partial charge in [-0.15, -0.1) is 0 Å². The summed E-state index contributed by atoms with van der Waals surface area (Å²) in [7, 11) is -5.18. The maximum absolute atomic E-state index is 6.84. The first kappa shape index (κ1) is 22.6. The third-order valence-corrected chi connectivity index (χ3v) is 16.5. The molecular weight excluding hydrogens is 320 g/mol. The van der Waals surface area contributed by atoms with E-state index in [9.17, 15) is 0 Å². The Kier molecular flexibility index (Phi) is 10.7. The van der Waals surface area contributed by atoms with Crippen molar-refractivity contribution in [3.63, 3.8) is 0 Å². The average Bonchev–Trinajstić information content (AvgIpc) is 2.39. The molecule has 0 bridgehead atoms. The van der Waals surface area contributed by atoms with Crippen LogP contribution in [-0.4, -0.2) is 25.2 Å². The van der Waals surface area contributed by atoms with Crippen molar-refractivity contribution < 1.29 is 8.23 Å². The Morgan fingerprint density at radius 3 is 1.18 bits per heavy atom. The molecule has 0 radical (unpaired) electrons. The van der Waals surface area contributed by atoms with Crippen LogP contribution in [0.3, 0.4) is 0 Å². The van der Waals surface area contributed by atoms with Crippen LogP contribution in [0.15, 0.2) is 0 Å². The second kappa shape index (κ2) is 10.4. The molecule has 0 aromatic rings. The van der Waals surface area contributed by atoms with E-state index in [4.69, 9.17) is 8.23 Å². The zero-order valence-electron chi connectivity index (χ0n) is 16.7. The van der Waals surface area contributed by atoms with Crippen molar-refractivity contribution in [1.82, 2.24) is 0 Å². The van der Waals surface area contributed by atoms with Gasteiger partial charge in [0.25, 0.3) is 0 Å². The van der Waals surface area contributed by atoms with Crippen molar-refractivity contribution in [3.05, 3.63) is 0 Å². The van der Waals surface area contributed by atoms with Gasteiger partial charge in [0.1, 0.15) is 0 Å². The molecule has 2 nitrogen and oxygen atoms in total. The summed E-state index contributed by atoms with van der Waals surface area (Å²) in [6.07, 6.45) is 7.62. The van der Waals surface area contributed by atoms with Crippen LogP contribution in [0.2, 0.25) is 50.9 Å². The highest BCUT2D eigenvalue weighted by atomic mass is 28.5. The van der Waals surface area contributed by atoms with E-state index in [0.29, 0.717) is 0 Å². The summed E-state index contributed by atoms with van der Waals surface area (Å²) in [4.78, 5) is 0. The molecule has 0 fully saturated rings. The molecule has 0 spiro atoms. The monoisotopic (exact) mass is 362 g/mol. The van der Waals surface area contributed by atoms with Gasteiger partial charge in [-0.3, -0.25) is 0 Å². The molecule has 134 valence electrons. The average molecular weight is 363 g/mol. The lowest BCUT2D eigenvalue weighted by Gasteiger charge is -2.41. The first-order valence-corrected chi connectivity index (χ1v) is 18.3. The van der Waals surface area contributed by atoms with Crippen LogP contribution in [-0.2, 0) is 8.23 Å². The van der Waals surface area contributed by atoms with Gasteiger partial charge in [-0.25, -0.2) is 0 Å². The highest BCUT2D eigenvalue weighted by Gasteiger charge is 2.42. The molecule has 0 heterocycles. The van der Waals surface area contributed by atoms with Gasteiger partial charge < -0.3 is 8.23 Å². The van der Waals surface area contributed by atoms with Crippen molar-refractivity contribution >= 4 is 25.2 Å². The molecule has 0 aliphatic heterocycles. The number of rotatable bonds is 13. The van der Waals surface area contributed by atoms with E-state index in [-0.39, 0.29) is 0 Å². The van der Waals surface area contributed by atoms with E-state index in [2.05, 4.69) is 53.5 Å². The molecule has 0 aromatic heterocycles. The Hall–Kier alpha value is 0.571. The predicted molar refractivity (Wildman–Crippen MR) is 108 cm³/mol. The Balaban J connectivity index is 4.89. The second-order valence-corrected chi connectivity index (χ2v) is 20.6. The van der Waals surface area contributed by atoms with Crippen molar-refractivity contribution in [3.8, 4) is 0 Å². The van der Waals surface area contributed by atoms with Crippen LogP contribution < -0.4 is 0 Å². The SMILES string of the molecule is CCCC[Si](C)(C)O[Si](C)(CCCC)O[Si](C)(C)CCCC. The van der Waals surface area contributed by atoms with Crippen LogP contribution in [0.4, 0.5) is 0 Å². The van der Waals surface area contributed by atoms with E-state index < -0.39 is 25.2 Å². The molecule has 0 aliphatic rings. The van der Waals surface area contributed by atoms with Crippen LogP contribution in [0.25, 0.3) is 0 Å². The topological polar surface area (TPSA) is 18.5 Å². The van der Waals surface area contributed by atoms with Gasteiger partial charge in [0.2, 0.25) is 0 Å². The molecule has 0 aromatic carbocycles. The predicted octanol–water partition coefficient (Wildman–Crippen LogP) is 6.90. The summed E-state index contributed by atoms with van der Waals surface area (Å²) in [5.41, 5.74) is 0. The number of hydrogen-bond donors (Lipinski definition) is 0. The normalized spacial score (nSPS) is 13.6. The Morgan fingerprint density at radius 2 is 0.864 bits per heavy atom. The maximum Gasteiger partial charge on any atom is 0.314 e. The van der Waals surface area contributed by atoms with Crippen LogP contribution in [0.5, 0.6) is 0 Å². The minimum atomic E-state index is -2.02. The van der Waals surface area contributed by atoms with Crippen molar-refractivity contribution in [2.75, 3.05) is 0 Å². The third-order valence-electron chi connectivity index (χ3n) is 4.23. The lowest BCUT2D eigenvalue weighted by molar-refractivity contribution is 0.373. The summed E-state index contributed by atoms with van der Waals surface area (Å²) >= 11 is 0. The largest absolute Gasteiger partial charge is 0.436 e. The molecule has 0 N–H and O–H groups in total. The first-order valence-electron chi connectivity index (χ1n) is 9.50. The van der Waals surface area contributed by atoms with Gasteiger partial charge in [-0.2, -0.15) is 0 Å². The third kappa shape index (κ3) is 10.4. The zero-order valence-corrected chi connectivity index (χ0v) is 19.7. The van der Waals surface area contributed by atoms with Gasteiger partial charge in [-0.1, -0.05) is 59.3 Å². The molecule has 22 heavy (non-hydrogen) atoms. The zero-order chi connectivity index (χ0) is 17.3. The van der Waals surface area contributed by atoms with Crippen molar-refractivity contribution in [2.45, 2.75) is 110 Å². The van der Waals surface area contributed by atoms with E-state index in [1.165, 1.54) is 56.7 Å². The fraction of sp³-hybridized carbons (Fsp3) is 1.00. The quantitative estimate of drug-likeness (QED) is 0.332. The van der Waals surface area contributed by atoms with Crippen LogP contribution in [0.1, 0.15) is 59.3 Å². The summed E-state index contributed by atoms with van der Waals surface area (Å²) in [6.45, 7) is 18.7. The van der Waals surface area contributed by atoms with Gasteiger partial charge in [0, 0.05) is 0 Å². The Bertz CT molecular complexity index is 272. The van der Waals surface area contributed by atoms with Gasteiger partial charge in [-0.05, 0) is 50.9 Å². The molecular formula is C17H42O2Si3. The molecule has 0 amide bonds. The molecule has 0 aliphatic carbocycles. The van der Waals surface area contributed by atoms with E-state index >= 15 is 0 Å². The summed E-state index contributed by atoms with van der Waals surface area (Å²) in [5, 5.41) is 0. The Morgan fingerprint density at radius 1 is 0.545 bits per heavy atom. The number of hydrogen-bond acceptors (Lipinski definition) is 2. The van der Waals surface area contributed by atoms with Crippen molar-refractivity contribution in [2.24, 2.45) is 0 Å². The minimum Gasteiger partial charge on any atom is -0.436 e. The highest BCUT2D eigenvalue weighted by Crippen LogP contribution is 2.30. The fourth-order valence-corrected chi connectivity index (χ4v) is 18.0. The smallest absolute Gasteiger partial charge is 0.314 e. The second-order valence-electron chi connectivity index (χ2n) is 8.17. The van der Waals surface area contributed by atoms with E-state index in [1.54, 1.807) is 0 Å². The fourth-order valence-electron chi connectivity index (χ4n) is 3.10.